The molecule has 2 rings (SSSR count). The number of nitrogens with zero attached hydrogens (tertiary/aromatic N) is 1. The highest BCUT2D eigenvalue weighted by molar-refractivity contribution is 5.78. The van der Waals surface area contributed by atoms with E-state index >= 15 is 0 Å². The van der Waals surface area contributed by atoms with Crippen molar-refractivity contribution in [2.75, 3.05) is 13.1 Å². The minimum atomic E-state index is -0.275. The Morgan fingerprint density at radius 2 is 2.06 bits per heavy atom. The van der Waals surface area contributed by atoms with E-state index in [9.17, 15) is 9.59 Å². The van der Waals surface area contributed by atoms with Gasteiger partial charge < -0.3 is 16.0 Å². The zero-order valence-corrected chi connectivity index (χ0v) is 11.1. The molecule has 1 atom stereocenters. The first kappa shape index (κ1) is 13.3. The van der Waals surface area contributed by atoms with Crippen LogP contribution < -0.4 is 11.1 Å². The van der Waals surface area contributed by atoms with Gasteiger partial charge in [-0.25, -0.2) is 0 Å². The van der Waals surface area contributed by atoms with Gasteiger partial charge in [-0.3, -0.25) is 9.59 Å². The SMILES string of the molecule is CC(=O)NC1CCN(C(=O)CC2(N)CCCC2)C1. The van der Waals surface area contributed by atoms with Gasteiger partial charge in [-0.15, -0.1) is 0 Å². The maximum absolute atomic E-state index is 12.2. The zero-order chi connectivity index (χ0) is 13.2. The van der Waals surface area contributed by atoms with Crippen LogP contribution in [0.4, 0.5) is 0 Å². The van der Waals surface area contributed by atoms with Crippen molar-refractivity contribution in [3.05, 3.63) is 0 Å². The molecule has 1 aliphatic carbocycles. The number of carbonyl (C=O) groups excluding carboxylic acids is 2. The molecule has 102 valence electrons. The molecule has 2 fully saturated rings. The van der Waals surface area contributed by atoms with Crippen molar-refractivity contribution in [1.29, 1.82) is 0 Å². The summed E-state index contributed by atoms with van der Waals surface area (Å²) in [5, 5.41) is 2.87. The fourth-order valence-corrected chi connectivity index (χ4v) is 3.06. The van der Waals surface area contributed by atoms with Crippen molar-refractivity contribution >= 4 is 11.8 Å². The van der Waals surface area contributed by atoms with Crippen molar-refractivity contribution in [2.45, 2.75) is 57.0 Å². The molecule has 1 heterocycles. The molecule has 0 bridgehead atoms. The zero-order valence-electron chi connectivity index (χ0n) is 11.1. The molecule has 3 N–H and O–H groups in total. The van der Waals surface area contributed by atoms with Crippen LogP contribution in [0.2, 0.25) is 0 Å². The van der Waals surface area contributed by atoms with E-state index in [0.29, 0.717) is 13.0 Å². The maximum atomic E-state index is 12.2. The van der Waals surface area contributed by atoms with Crippen molar-refractivity contribution in [3.8, 4) is 0 Å². The lowest BCUT2D eigenvalue weighted by Crippen LogP contribution is -2.44. The summed E-state index contributed by atoms with van der Waals surface area (Å²) >= 11 is 0. The second-order valence-corrected chi connectivity index (χ2v) is 5.77. The van der Waals surface area contributed by atoms with Gasteiger partial charge in [0.05, 0.1) is 0 Å². The first-order chi connectivity index (χ1) is 8.48. The van der Waals surface area contributed by atoms with Crippen molar-refractivity contribution in [3.63, 3.8) is 0 Å². The molecular weight excluding hydrogens is 230 g/mol. The predicted molar refractivity (Wildman–Crippen MR) is 68.8 cm³/mol. The van der Waals surface area contributed by atoms with Gasteiger partial charge in [-0.1, -0.05) is 12.8 Å². The van der Waals surface area contributed by atoms with Crippen LogP contribution in [0, 0.1) is 0 Å². The Labute approximate surface area is 108 Å². The molecular formula is C13H23N3O2. The van der Waals surface area contributed by atoms with Crippen LogP contribution >= 0.6 is 0 Å². The van der Waals surface area contributed by atoms with Crippen LogP contribution in [0.25, 0.3) is 0 Å². The van der Waals surface area contributed by atoms with Crippen LogP contribution in [-0.4, -0.2) is 41.4 Å². The summed E-state index contributed by atoms with van der Waals surface area (Å²) in [7, 11) is 0. The Bertz CT molecular complexity index is 337. The van der Waals surface area contributed by atoms with Crippen molar-refractivity contribution < 1.29 is 9.59 Å². The third-order valence-corrected chi connectivity index (χ3v) is 4.05. The summed E-state index contributed by atoms with van der Waals surface area (Å²) < 4.78 is 0. The lowest BCUT2D eigenvalue weighted by atomic mass is 9.94. The third kappa shape index (κ3) is 3.22. The lowest BCUT2D eigenvalue weighted by molar-refractivity contribution is -0.131. The molecule has 1 unspecified atom stereocenters. The Kier molecular flexibility index (Phi) is 3.90. The fourth-order valence-electron chi connectivity index (χ4n) is 3.06. The molecule has 0 aromatic rings. The van der Waals surface area contributed by atoms with E-state index in [1.54, 1.807) is 0 Å². The number of carbonyl (C=O) groups is 2. The normalized spacial score (nSPS) is 26.3. The summed E-state index contributed by atoms with van der Waals surface area (Å²) in [6, 6.07) is 0.115. The number of hydrogen-bond acceptors (Lipinski definition) is 3. The van der Waals surface area contributed by atoms with Crippen LogP contribution in [0.1, 0.15) is 45.4 Å². The summed E-state index contributed by atoms with van der Waals surface area (Å²) in [5.74, 6) is 0.118. The van der Waals surface area contributed by atoms with Crippen LogP contribution in [0.15, 0.2) is 0 Å². The lowest BCUT2D eigenvalue weighted by Gasteiger charge is -2.26. The number of likely N-dealkylation sites (tertiary alicyclic amines) is 1. The quantitative estimate of drug-likeness (QED) is 0.763. The molecule has 1 saturated heterocycles. The van der Waals surface area contributed by atoms with E-state index in [1.165, 1.54) is 6.92 Å². The van der Waals surface area contributed by atoms with Gasteiger partial charge in [0.15, 0.2) is 0 Å². The second kappa shape index (κ2) is 5.26. The first-order valence-corrected chi connectivity index (χ1v) is 6.82. The number of nitrogens with two attached hydrogens (primary N) is 1. The molecule has 5 nitrogen and oxygen atoms in total. The van der Waals surface area contributed by atoms with Gasteiger partial charge in [0, 0.05) is 38.0 Å². The molecule has 1 aliphatic heterocycles. The van der Waals surface area contributed by atoms with E-state index in [1.807, 2.05) is 4.90 Å². The smallest absolute Gasteiger partial charge is 0.224 e. The molecule has 1 saturated carbocycles. The highest BCUT2D eigenvalue weighted by Gasteiger charge is 2.35. The van der Waals surface area contributed by atoms with Crippen LogP contribution in [0.5, 0.6) is 0 Å². The molecule has 5 heteroatoms. The highest BCUT2D eigenvalue weighted by Crippen LogP contribution is 2.30. The van der Waals surface area contributed by atoms with Gasteiger partial charge in [0.1, 0.15) is 0 Å². The minimum absolute atomic E-state index is 0.0274. The van der Waals surface area contributed by atoms with E-state index in [2.05, 4.69) is 5.32 Å². The number of rotatable bonds is 3. The first-order valence-electron chi connectivity index (χ1n) is 6.82. The van der Waals surface area contributed by atoms with Crippen LogP contribution in [0.3, 0.4) is 0 Å². The Balaban J connectivity index is 1.82. The van der Waals surface area contributed by atoms with Gasteiger partial charge in [0.25, 0.3) is 0 Å². The summed E-state index contributed by atoms with van der Waals surface area (Å²) in [5.41, 5.74) is 5.95. The highest BCUT2D eigenvalue weighted by atomic mass is 16.2. The van der Waals surface area contributed by atoms with E-state index in [-0.39, 0.29) is 23.4 Å². The van der Waals surface area contributed by atoms with E-state index in [0.717, 1.165) is 38.6 Å². The number of nitrogens with one attached hydrogen (secondary N) is 1. The Morgan fingerprint density at radius 1 is 1.39 bits per heavy atom. The average Bonchev–Trinajstić information content (AvgIpc) is 2.87. The number of amides is 2. The summed E-state index contributed by atoms with van der Waals surface area (Å²) in [6.45, 7) is 2.88. The van der Waals surface area contributed by atoms with Gasteiger partial charge >= 0.3 is 0 Å². The van der Waals surface area contributed by atoms with Crippen LogP contribution in [-0.2, 0) is 9.59 Å². The van der Waals surface area contributed by atoms with Crippen molar-refractivity contribution in [1.82, 2.24) is 10.2 Å². The summed E-state index contributed by atoms with van der Waals surface area (Å²) in [4.78, 5) is 25.0. The molecule has 0 spiro atoms. The monoisotopic (exact) mass is 253 g/mol. The van der Waals surface area contributed by atoms with E-state index in [4.69, 9.17) is 5.73 Å². The largest absolute Gasteiger partial charge is 0.352 e. The molecule has 0 radical (unpaired) electrons. The maximum Gasteiger partial charge on any atom is 0.224 e. The molecule has 0 aromatic carbocycles. The molecule has 2 amide bonds. The van der Waals surface area contributed by atoms with Gasteiger partial charge in [0.2, 0.25) is 11.8 Å². The van der Waals surface area contributed by atoms with Gasteiger partial charge in [-0.2, -0.15) is 0 Å². The standard InChI is InChI=1S/C13H23N3O2/c1-10(17)15-11-4-7-16(9-11)12(18)8-13(14)5-2-3-6-13/h11H,2-9,14H2,1H3,(H,15,17). The fraction of sp³-hybridized carbons (Fsp3) is 0.846. The van der Waals surface area contributed by atoms with Crippen molar-refractivity contribution in [2.24, 2.45) is 5.73 Å². The predicted octanol–water partition coefficient (Wildman–Crippen LogP) is 0.385. The Morgan fingerprint density at radius 3 is 2.67 bits per heavy atom. The molecule has 18 heavy (non-hydrogen) atoms. The van der Waals surface area contributed by atoms with Gasteiger partial charge in [-0.05, 0) is 19.3 Å². The second-order valence-electron chi connectivity index (χ2n) is 5.77. The molecule has 2 aliphatic rings. The topological polar surface area (TPSA) is 75.4 Å². The van der Waals surface area contributed by atoms with E-state index < -0.39 is 0 Å². The third-order valence-electron chi connectivity index (χ3n) is 4.05. The summed E-state index contributed by atoms with van der Waals surface area (Å²) in [6.07, 6.45) is 5.50. The molecule has 0 aromatic heterocycles. The average molecular weight is 253 g/mol. The number of hydrogen-bond donors (Lipinski definition) is 2. The minimum Gasteiger partial charge on any atom is -0.352 e. The Hall–Kier alpha value is -1.10.